The average Bonchev–Trinajstić information content (AvgIpc) is 2.92. The Labute approximate surface area is 143 Å². The summed E-state index contributed by atoms with van der Waals surface area (Å²) in [5, 5.41) is 3.57. The molecule has 0 aromatic heterocycles. The highest BCUT2D eigenvalue weighted by molar-refractivity contribution is 6.32. The summed E-state index contributed by atoms with van der Waals surface area (Å²) in [5.41, 5.74) is 6.62. The minimum Gasteiger partial charge on any atom is -0.479 e. The van der Waals surface area contributed by atoms with Crippen LogP contribution in [-0.2, 0) is 4.79 Å². The van der Waals surface area contributed by atoms with E-state index < -0.39 is 6.10 Å². The fourth-order valence-electron chi connectivity index (χ4n) is 2.74. The molecule has 1 aromatic rings. The molecule has 2 rings (SSSR count). The maximum atomic E-state index is 12.3. The summed E-state index contributed by atoms with van der Waals surface area (Å²) < 4.78 is 5.70. The average molecular weight is 347 g/mol. The van der Waals surface area contributed by atoms with E-state index in [2.05, 4.69) is 5.32 Å². The number of aryl methyl sites for hydroxylation is 1. The zero-order valence-electron chi connectivity index (χ0n) is 13.0. The Morgan fingerprint density at radius 2 is 2.09 bits per heavy atom. The summed E-state index contributed by atoms with van der Waals surface area (Å²) in [5.74, 6) is 0.396. The van der Waals surface area contributed by atoms with Gasteiger partial charge in [0.2, 0.25) is 0 Å². The first-order valence-electron chi connectivity index (χ1n) is 7.41. The Kier molecular flexibility index (Phi) is 6.98. The van der Waals surface area contributed by atoms with Gasteiger partial charge in [0.05, 0.1) is 10.6 Å². The third-order valence-corrected chi connectivity index (χ3v) is 4.41. The molecule has 1 aliphatic rings. The summed E-state index contributed by atoms with van der Waals surface area (Å²) in [6.07, 6.45) is 3.49. The van der Waals surface area contributed by atoms with Crippen LogP contribution in [0.2, 0.25) is 5.02 Å². The van der Waals surface area contributed by atoms with Gasteiger partial charge < -0.3 is 15.8 Å². The molecular formula is C16H24Cl2N2O2. The molecule has 0 bridgehead atoms. The lowest BCUT2D eigenvalue weighted by Gasteiger charge is -2.30. The zero-order valence-corrected chi connectivity index (χ0v) is 14.6. The van der Waals surface area contributed by atoms with Crippen LogP contribution in [0, 0.1) is 6.92 Å². The van der Waals surface area contributed by atoms with Gasteiger partial charge in [-0.15, -0.1) is 12.4 Å². The lowest BCUT2D eigenvalue weighted by molar-refractivity contribution is -0.129. The Morgan fingerprint density at radius 1 is 1.45 bits per heavy atom. The first kappa shape index (κ1) is 19.1. The van der Waals surface area contributed by atoms with E-state index in [1.807, 2.05) is 19.1 Å². The van der Waals surface area contributed by atoms with Crippen LogP contribution in [0.1, 0.15) is 38.2 Å². The van der Waals surface area contributed by atoms with Crippen molar-refractivity contribution in [3.8, 4) is 5.75 Å². The van der Waals surface area contributed by atoms with Gasteiger partial charge in [-0.3, -0.25) is 4.79 Å². The molecule has 1 saturated carbocycles. The van der Waals surface area contributed by atoms with Crippen LogP contribution in [0.3, 0.4) is 0 Å². The van der Waals surface area contributed by atoms with Crippen LogP contribution in [0.5, 0.6) is 5.75 Å². The molecule has 1 aromatic carbocycles. The SMILES string of the molecule is Cc1ccc(Cl)c(OC(C)C(=O)NC2(CN)CCCC2)c1.Cl. The standard InChI is InChI=1S/C16H23ClN2O2.ClH/c1-11-5-6-13(17)14(9-11)21-12(2)15(20)19-16(10-18)7-3-4-8-16;/h5-6,9,12H,3-4,7-8,10,18H2,1-2H3,(H,19,20);1H. The van der Waals surface area contributed by atoms with Crippen molar-refractivity contribution >= 4 is 29.9 Å². The number of ether oxygens (including phenoxy) is 1. The molecule has 0 aliphatic heterocycles. The second-order valence-corrected chi connectivity index (χ2v) is 6.28. The minimum atomic E-state index is -0.603. The number of benzene rings is 1. The number of halogens is 2. The van der Waals surface area contributed by atoms with Gasteiger partial charge in [-0.2, -0.15) is 0 Å². The number of nitrogens with two attached hydrogens (primary N) is 1. The highest BCUT2D eigenvalue weighted by Gasteiger charge is 2.35. The van der Waals surface area contributed by atoms with Crippen molar-refractivity contribution in [1.29, 1.82) is 0 Å². The van der Waals surface area contributed by atoms with E-state index in [0.717, 1.165) is 31.2 Å². The predicted octanol–water partition coefficient (Wildman–Crippen LogP) is 3.23. The summed E-state index contributed by atoms with van der Waals surface area (Å²) in [6.45, 7) is 4.15. The normalized spacial score (nSPS) is 17.5. The largest absolute Gasteiger partial charge is 0.479 e. The number of rotatable bonds is 5. The molecule has 6 heteroatoms. The second kappa shape index (κ2) is 8.04. The van der Waals surface area contributed by atoms with E-state index in [4.69, 9.17) is 22.1 Å². The van der Waals surface area contributed by atoms with Crippen LogP contribution >= 0.6 is 24.0 Å². The number of carbonyl (C=O) groups excluding carboxylic acids is 1. The van der Waals surface area contributed by atoms with Crippen LogP contribution in [0.15, 0.2) is 18.2 Å². The Hall–Kier alpha value is -0.970. The van der Waals surface area contributed by atoms with Gasteiger partial charge in [0.15, 0.2) is 6.10 Å². The van der Waals surface area contributed by atoms with E-state index in [9.17, 15) is 4.79 Å². The van der Waals surface area contributed by atoms with Crippen molar-refractivity contribution < 1.29 is 9.53 Å². The Bertz CT molecular complexity index is 517. The third-order valence-electron chi connectivity index (χ3n) is 4.10. The van der Waals surface area contributed by atoms with Gasteiger partial charge in [-0.25, -0.2) is 0 Å². The molecule has 4 nitrogen and oxygen atoms in total. The van der Waals surface area contributed by atoms with Crippen LogP contribution in [0.25, 0.3) is 0 Å². The first-order chi connectivity index (χ1) is 9.96. The lowest BCUT2D eigenvalue weighted by Crippen LogP contribution is -2.54. The van der Waals surface area contributed by atoms with Crippen LogP contribution in [0.4, 0.5) is 0 Å². The highest BCUT2D eigenvalue weighted by Crippen LogP contribution is 2.29. The van der Waals surface area contributed by atoms with E-state index >= 15 is 0 Å². The second-order valence-electron chi connectivity index (χ2n) is 5.87. The quantitative estimate of drug-likeness (QED) is 0.860. The number of hydrogen-bond acceptors (Lipinski definition) is 3. The van der Waals surface area contributed by atoms with Gasteiger partial charge in [-0.1, -0.05) is 30.5 Å². The van der Waals surface area contributed by atoms with Crippen LogP contribution in [-0.4, -0.2) is 24.1 Å². The molecule has 1 fully saturated rings. The number of amides is 1. The van der Waals surface area contributed by atoms with E-state index in [0.29, 0.717) is 17.3 Å². The summed E-state index contributed by atoms with van der Waals surface area (Å²) in [6, 6.07) is 5.51. The maximum absolute atomic E-state index is 12.3. The van der Waals surface area contributed by atoms with E-state index in [1.54, 1.807) is 13.0 Å². The van der Waals surface area contributed by atoms with E-state index in [1.165, 1.54) is 0 Å². The molecule has 1 amide bonds. The molecular weight excluding hydrogens is 323 g/mol. The minimum absolute atomic E-state index is 0. The van der Waals surface area contributed by atoms with Gasteiger partial charge in [0, 0.05) is 6.54 Å². The summed E-state index contributed by atoms with van der Waals surface area (Å²) in [4.78, 5) is 12.3. The van der Waals surface area contributed by atoms with E-state index in [-0.39, 0.29) is 23.9 Å². The molecule has 0 spiro atoms. The predicted molar refractivity (Wildman–Crippen MR) is 91.9 cm³/mol. The number of carbonyl (C=O) groups is 1. The maximum Gasteiger partial charge on any atom is 0.261 e. The molecule has 22 heavy (non-hydrogen) atoms. The van der Waals surface area contributed by atoms with Crippen molar-refractivity contribution in [3.63, 3.8) is 0 Å². The molecule has 3 N–H and O–H groups in total. The summed E-state index contributed by atoms with van der Waals surface area (Å²) in [7, 11) is 0. The van der Waals surface area contributed by atoms with Crippen molar-refractivity contribution in [2.45, 2.75) is 51.2 Å². The number of nitrogens with one attached hydrogen (secondary N) is 1. The molecule has 0 saturated heterocycles. The van der Waals surface area contributed by atoms with Gasteiger partial charge >= 0.3 is 0 Å². The molecule has 1 atom stereocenters. The highest BCUT2D eigenvalue weighted by atomic mass is 35.5. The van der Waals surface area contributed by atoms with Crippen molar-refractivity contribution in [2.24, 2.45) is 5.73 Å². The molecule has 0 radical (unpaired) electrons. The molecule has 1 unspecified atom stereocenters. The van der Waals surface area contributed by atoms with Crippen molar-refractivity contribution in [2.75, 3.05) is 6.54 Å². The van der Waals surface area contributed by atoms with Gasteiger partial charge in [0.1, 0.15) is 5.75 Å². The zero-order chi connectivity index (χ0) is 15.5. The first-order valence-corrected chi connectivity index (χ1v) is 7.78. The summed E-state index contributed by atoms with van der Waals surface area (Å²) >= 11 is 6.09. The van der Waals surface area contributed by atoms with Crippen LogP contribution < -0.4 is 15.8 Å². The smallest absolute Gasteiger partial charge is 0.261 e. The van der Waals surface area contributed by atoms with Gasteiger partial charge in [0.25, 0.3) is 5.91 Å². The monoisotopic (exact) mass is 346 g/mol. The fourth-order valence-corrected chi connectivity index (χ4v) is 2.90. The Balaban J connectivity index is 0.00000242. The third kappa shape index (κ3) is 4.51. The number of hydrogen-bond donors (Lipinski definition) is 2. The van der Waals surface area contributed by atoms with Crippen molar-refractivity contribution in [3.05, 3.63) is 28.8 Å². The molecule has 124 valence electrons. The molecule has 0 heterocycles. The Morgan fingerprint density at radius 3 is 2.68 bits per heavy atom. The van der Waals surface area contributed by atoms with Crippen molar-refractivity contribution in [1.82, 2.24) is 5.32 Å². The lowest BCUT2D eigenvalue weighted by atomic mass is 9.97. The topological polar surface area (TPSA) is 64.3 Å². The van der Waals surface area contributed by atoms with Gasteiger partial charge in [-0.05, 0) is 44.4 Å². The fraction of sp³-hybridized carbons (Fsp3) is 0.562. The molecule has 1 aliphatic carbocycles.